The van der Waals surface area contributed by atoms with Crippen molar-refractivity contribution in [1.29, 1.82) is 0 Å². The third-order valence-corrected chi connectivity index (χ3v) is 5.71. The first kappa shape index (κ1) is 20.6. The SMILES string of the molecule is CC(=O)c1ccc(NC(=O)N[C@@H]2CCN3C(=O)[C@@H](Cc4ccccc4)NC(=O)[C@H]23)cc1. The van der Waals surface area contributed by atoms with E-state index in [1.807, 2.05) is 30.3 Å². The number of benzene rings is 2. The minimum atomic E-state index is -0.717. The molecule has 4 rings (SSSR count). The van der Waals surface area contributed by atoms with Crippen LogP contribution in [0.5, 0.6) is 0 Å². The van der Waals surface area contributed by atoms with Gasteiger partial charge in [-0.15, -0.1) is 0 Å². The Labute approximate surface area is 180 Å². The molecule has 0 spiro atoms. The molecule has 2 heterocycles. The van der Waals surface area contributed by atoms with Gasteiger partial charge in [0.2, 0.25) is 11.8 Å². The lowest BCUT2D eigenvalue weighted by atomic mass is 9.99. The molecule has 0 radical (unpaired) electrons. The Morgan fingerprint density at radius 1 is 1.06 bits per heavy atom. The molecule has 0 saturated carbocycles. The highest BCUT2D eigenvalue weighted by Crippen LogP contribution is 2.24. The van der Waals surface area contributed by atoms with Crippen molar-refractivity contribution in [3.63, 3.8) is 0 Å². The summed E-state index contributed by atoms with van der Waals surface area (Å²) in [6.45, 7) is 1.89. The second-order valence-corrected chi connectivity index (χ2v) is 7.85. The van der Waals surface area contributed by atoms with E-state index in [2.05, 4.69) is 16.0 Å². The van der Waals surface area contributed by atoms with Crippen molar-refractivity contribution in [2.45, 2.75) is 37.9 Å². The fraction of sp³-hybridized carbons (Fsp3) is 0.304. The first-order valence-corrected chi connectivity index (χ1v) is 10.3. The van der Waals surface area contributed by atoms with E-state index < -0.39 is 24.2 Å². The number of fused-ring (bicyclic) bond motifs is 1. The van der Waals surface area contributed by atoms with Gasteiger partial charge in [-0.05, 0) is 43.2 Å². The van der Waals surface area contributed by atoms with E-state index >= 15 is 0 Å². The number of nitrogens with zero attached hydrogens (tertiary/aromatic N) is 1. The Balaban J connectivity index is 1.37. The summed E-state index contributed by atoms with van der Waals surface area (Å²) in [5.74, 6) is -0.437. The summed E-state index contributed by atoms with van der Waals surface area (Å²) in [5, 5.41) is 8.33. The third kappa shape index (κ3) is 4.42. The average molecular weight is 420 g/mol. The van der Waals surface area contributed by atoms with Crippen LogP contribution < -0.4 is 16.0 Å². The molecule has 160 valence electrons. The quantitative estimate of drug-likeness (QED) is 0.640. The van der Waals surface area contributed by atoms with E-state index in [1.54, 1.807) is 29.2 Å². The molecule has 2 aliphatic rings. The van der Waals surface area contributed by atoms with Gasteiger partial charge in [-0.25, -0.2) is 4.79 Å². The Kier molecular flexibility index (Phi) is 5.70. The van der Waals surface area contributed by atoms with Gasteiger partial charge in [0.15, 0.2) is 5.78 Å². The number of ketones is 1. The molecule has 0 aromatic heterocycles. The summed E-state index contributed by atoms with van der Waals surface area (Å²) in [4.78, 5) is 51.0. The maximum atomic E-state index is 12.9. The van der Waals surface area contributed by atoms with Gasteiger partial charge in [-0.1, -0.05) is 30.3 Å². The van der Waals surface area contributed by atoms with Gasteiger partial charge < -0.3 is 20.9 Å². The van der Waals surface area contributed by atoms with Crippen LogP contribution in [-0.2, 0) is 16.0 Å². The van der Waals surface area contributed by atoms with Crippen molar-refractivity contribution in [3.05, 3.63) is 65.7 Å². The fourth-order valence-corrected chi connectivity index (χ4v) is 4.15. The van der Waals surface area contributed by atoms with E-state index in [1.165, 1.54) is 6.92 Å². The summed E-state index contributed by atoms with van der Waals surface area (Å²) in [6.07, 6.45) is 0.933. The van der Waals surface area contributed by atoms with E-state index in [9.17, 15) is 19.2 Å². The van der Waals surface area contributed by atoms with Crippen LogP contribution >= 0.6 is 0 Å². The normalized spacial score (nSPS) is 22.5. The predicted octanol–water partition coefficient (Wildman–Crippen LogP) is 1.72. The van der Waals surface area contributed by atoms with E-state index in [0.717, 1.165) is 5.56 Å². The molecule has 4 amide bonds. The number of carbonyl (C=O) groups is 4. The standard InChI is InChI=1S/C23H24N4O4/c1-14(28)16-7-9-17(10-8-16)24-23(31)26-18-11-12-27-20(18)21(29)25-19(22(27)30)13-15-5-3-2-4-6-15/h2-10,18-20H,11-13H2,1H3,(H,25,29)(H2,24,26,31)/t18-,19-,20+/m1/s1. The summed E-state index contributed by atoms with van der Waals surface area (Å²) < 4.78 is 0. The molecule has 2 aliphatic heterocycles. The molecule has 0 bridgehead atoms. The first-order chi connectivity index (χ1) is 14.9. The molecule has 3 N–H and O–H groups in total. The third-order valence-electron chi connectivity index (χ3n) is 5.71. The molecule has 0 unspecified atom stereocenters. The number of Topliss-reactive ketones (excluding diaryl/α,β-unsaturated/α-hetero) is 1. The van der Waals surface area contributed by atoms with Gasteiger partial charge in [0, 0.05) is 24.2 Å². The molecule has 3 atom stereocenters. The largest absolute Gasteiger partial charge is 0.342 e. The molecular weight excluding hydrogens is 396 g/mol. The van der Waals surface area contributed by atoms with Crippen molar-refractivity contribution in [1.82, 2.24) is 15.5 Å². The summed E-state index contributed by atoms with van der Waals surface area (Å²) in [7, 11) is 0. The van der Waals surface area contributed by atoms with Gasteiger partial charge in [-0.2, -0.15) is 0 Å². The van der Waals surface area contributed by atoms with Crippen molar-refractivity contribution in [2.75, 3.05) is 11.9 Å². The number of nitrogens with one attached hydrogen (secondary N) is 3. The highest BCUT2D eigenvalue weighted by atomic mass is 16.2. The molecule has 8 heteroatoms. The smallest absolute Gasteiger partial charge is 0.319 e. The zero-order valence-electron chi connectivity index (χ0n) is 17.1. The molecule has 2 aromatic carbocycles. The van der Waals surface area contributed by atoms with Crippen molar-refractivity contribution >= 4 is 29.3 Å². The topological polar surface area (TPSA) is 108 Å². The van der Waals surface area contributed by atoms with Crippen LogP contribution in [0.4, 0.5) is 10.5 Å². The van der Waals surface area contributed by atoms with E-state index in [0.29, 0.717) is 30.6 Å². The lowest BCUT2D eigenvalue weighted by molar-refractivity contribution is -0.147. The molecule has 2 fully saturated rings. The van der Waals surface area contributed by atoms with Gasteiger partial charge in [0.25, 0.3) is 0 Å². The van der Waals surface area contributed by atoms with Crippen LogP contribution in [0.1, 0.15) is 29.3 Å². The summed E-state index contributed by atoms with van der Waals surface area (Å²) >= 11 is 0. The first-order valence-electron chi connectivity index (χ1n) is 10.3. The van der Waals surface area contributed by atoms with Crippen molar-refractivity contribution in [3.8, 4) is 0 Å². The van der Waals surface area contributed by atoms with Crippen molar-refractivity contribution < 1.29 is 19.2 Å². The number of hydrogen-bond donors (Lipinski definition) is 3. The van der Waals surface area contributed by atoms with Gasteiger partial charge in [0.1, 0.15) is 12.1 Å². The number of amides is 4. The van der Waals surface area contributed by atoms with Crippen LogP contribution in [0.2, 0.25) is 0 Å². The molecule has 2 aromatic rings. The highest BCUT2D eigenvalue weighted by molar-refractivity contribution is 5.99. The highest BCUT2D eigenvalue weighted by Gasteiger charge is 2.48. The van der Waals surface area contributed by atoms with Crippen LogP contribution in [0.25, 0.3) is 0 Å². The average Bonchev–Trinajstić information content (AvgIpc) is 3.17. The zero-order valence-corrected chi connectivity index (χ0v) is 17.1. The number of anilines is 1. The molecule has 31 heavy (non-hydrogen) atoms. The molecule has 2 saturated heterocycles. The van der Waals surface area contributed by atoms with Crippen LogP contribution in [0.15, 0.2) is 54.6 Å². The number of carbonyl (C=O) groups excluding carboxylic acids is 4. The monoisotopic (exact) mass is 420 g/mol. The minimum Gasteiger partial charge on any atom is -0.342 e. The maximum Gasteiger partial charge on any atom is 0.319 e. The fourth-order valence-electron chi connectivity index (χ4n) is 4.15. The zero-order chi connectivity index (χ0) is 22.0. The summed E-state index contributed by atoms with van der Waals surface area (Å²) in [5.41, 5.74) is 2.06. The second-order valence-electron chi connectivity index (χ2n) is 7.85. The summed E-state index contributed by atoms with van der Waals surface area (Å²) in [6, 6.07) is 13.8. The Hall–Kier alpha value is -3.68. The Morgan fingerprint density at radius 2 is 1.77 bits per heavy atom. The number of piperazine rings is 1. The van der Waals surface area contributed by atoms with E-state index in [4.69, 9.17) is 0 Å². The van der Waals surface area contributed by atoms with E-state index in [-0.39, 0.29) is 17.6 Å². The van der Waals surface area contributed by atoms with Gasteiger partial charge in [-0.3, -0.25) is 14.4 Å². The molecular formula is C23H24N4O4. The lowest BCUT2D eigenvalue weighted by Gasteiger charge is -2.36. The van der Waals surface area contributed by atoms with Gasteiger partial charge >= 0.3 is 6.03 Å². The van der Waals surface area contributed by atoms with Crippen molar-refractivity contribution in [2.24, 2.45) is 0 Å². The van der Waals surface area contributed by atoms with Crippen LogP contribution in [0.3, 0.4) is 0 Å². The Morgan fingerprint density at radius 3 is 2.45 bits per heavy atom. The lowest BCUT2D eigenvalue weighted by Crippen LogP contribution is -2.65. The van der Waals surface area contributed by atoms with Crippen LogP contribution in [0, 0.1) is 0 Å². The van der Waals surface area contributed by atoms with Gasteiger partial charge in [0.05, 0.1) is 6.04 Å². The van der Waals surface area contributed by atoms with Crippen LogP contribution in [-0.4, -0.2) is 53.2 Å². The maximum absolute atomic E-state index is 12.9. The molecule has 8 nitrogen and oxygen atoms in total. The number of urea groups is 1. The molecule has 0 aliphatic carbocycles. The number of hydrogen-bond acceptors (Lipinski definition) is 4. The number of rotatable bonds is 5. The minimum absolute atomic E-state index is 0.0550. The second kappa shape index (κ2) is 8.59. The predicted molar refractivity (Wildman–Crippen MR) is 115 cm³/mol. The Bertz CT molecular complexity index is 1010.